The fourth-order valence-corrected chi connectivity index (χ4v) is 4.00. The third-order valence-corrected chi connectivity index (χ3v) is 5.80. The number of piperazine rings is 1. The summed E-state index contributed by atoms with van der Waals surface area (Å²) < 4.78 is 5.60. The van der Waals surface area contributed by atoms with Gasteiger partial charge in [0.2, 0.25) is 5.91 Å². The summed E-state index contributed by atoms with van der Waals surface area (Å²) in [6.45, 7) is 8.20. The fourth-order valence-electron chi connectivity index (χ4n) is 4.00. The van der Waals surface area contributed by atoms with Gasteiger partial charge in [0.15, 0.2) is 0 Å². The van der Waals surface area contributed by atoms with Crippen LogP contribution in [-0.2, 0) is 24.3 Å². The number of carbonyl (C=O) groups excluding carboxylic acids is 1. The lowest BCUT2D eigenvalue weighted by atomic mass is 10.1. The second-order valence-corrected chi connectivity index (χ2v) is 7.73. The van der Waals surface area contributed by atoms with Crippen molar-refractivity contribution >= 4 is 5.91 Å². The van der Waals surface area contributed by atoms with Crippen LogP contribution in [-0.4, -0.2) is 54.5 Å². The van der Waals surface area contributed by atoms with Crippen molar-refractivity contribution in [3.63, 3.8) is 0 Å². The maximum absolute atomic E-state index is 12.5. The van der Waals surface area contributed by atoms with Crippen LogP contribution in [0.1, 0.15) is 23.6 Å². The number of hydrogen-bond acceptors (Lipinski definition) is 4. The molecule has 2 aliphatic rings. The van der Waals surface area contributed by atoms with Gasteiger partial charge in [0.25, 0.3) is 0 Å². The first-order valence-corrected chi connectivity index (χ1v) is 10.2. The van der Waals surface area contributed by atoms with E-state index >= 15 is 0 Å². The third-order valence-electron chi connectivity index (χ3n) is 5.80. The third kappa shape index (κ3) is 4.54. The molecule has 0 radical (unpaired) electrons. The van der Waals surface area contributed by atoms with Crippen molar-refractivity contribution in [3.05, 3.63) is 65.2 Å². The van der Waals surface area contributed by atoms with Crippen molar-refractivity contribution in [1.82, 2.24) is 15.1 Å². The van der Waals surface area contributed by atoms with Gasteiger partial charge < -0.3 is 10.1 Å². The Labute approximate surface area is 167 Å². The summed E-state index contributed by atoms with van der Waals surface area (Å²) in [7, 11) is 0. The lowest BCUT2D eigenvalue weighted by molar-refractivity contribution is -0.126. The van der Waals surface area contributed by atoms with E-state index in [1.165, 1.54) is 11.1 Å². The Morgan fingerprint density at radius 3 is 2.64 bits per heavy atom. The van der Waals surface area contributed by atoms with Gasteiger partial charge in [-0.05, 0) is 29.7 Å². The van der Waals surface area contributed by atoms with Crippen LogP contribution in [0.3, 0.4) is 0 Å². The normalized spacial score (nSPS) is 18.3. The molecule has 1 amide bonds. The number of ether oxygens (including phenoxy) is 1. The van der Waals surface area contributed by atoms with Gasteiger partial charge in [0.05, 0.1) is 12.6 Å². The summed E-state index contributed by atoms with van der Waals surface area (Å²) in [6.07, 6.45) is 1.02. The molecule has 1 N–H and O–H groups in total. The van der Waals surface area contributed by atoms with E-state index in [9.17, 15) is 4.79 Å². The van der Waals surface area contributed by atoms with Crippen LogP contribution < -0.4 is 10.1 Å². The lowest BCUT2D eigenvalue weighted by Gasteiger charge is -2.37. The van der Waals surface area contributed by atoms with E-state index in [2.05, 4.69) is 33.3 Å². The molecule has 0 spiro atoms. The van der Waals surface area contributed by atoms with Crippen LogP contribution >= 0.6 is 0 Å². The molecule has 2 aromatic rings. The zero-order valence-corrected chi connectivity index (χ0v) is 16.6. The molecule has 5 nitrogen and oxygen atoms in total. The van der Waals surface area contributed by atoms with Crippen molar-refractivity contribution in [1.29, 1.82) is 0 Å². The Morgan fingerprint density at radius 1 is 1.07 bits per heavy atom. The summed E-state index contributed by atoms with van der Waals surface area (Å²) in [5, 5.41) is 3.06. The smallest absolute Gasteiger partial charge is 0.237 e. The van der Waals surface area contributed by atoms with Gasteiger partial charge in [-0.2, -0.15) is 0 Å². The number of nitrogens with one attached hydrogen (secondary N) is 1. The minimum atomic E-state index is -0.0944. The van der Waals surface area contributed by atoms with Gasteiger partial charge in [-0.15, -0.1) is 0 Å². The van der Waals surface area contributed by atoms with Crippen molar-refractivity contribution < 1.29 is 9.53 Å². The number of fused-ring (bicyclic) bond motifs is 1. The molecule has 0 aliphatic carbocycles. The van der Waals surface area contributed by atoms with Crippen molar-refractivity contribution in [2.24, 2.45) is 0 Å². The van der Waals surface area contributed by atoms with E-state index in [1.54, 1.807) is 0 Å². The zero-order valence-electron chi connectivity index (χ0n) is 16.6. The lowest BCUT2D eigenvalue weighted by Crippen LogP contribution is -2.53. The van der Waals surface area contributed by atoms with Gasteiger partial charge in [0, 0.05) is 45.7 Å². The Kier molecular flexibility index (Phi) is 5.93. The Balaban J connectivity index is 1.23. The van der Waals surface area contributed by atoms with Gasteiger partial charge in [-0.25, -0.2) is 0 Å². The molecule has 5 heteroatoms. The highest BCUT2D eigenvalue weighted by molar-refractivity contribution is 5.81. The average Bonchev–Trinajstić information content (AvgIpc) is 3.21. The molecule has 0 bridgehead atoms. The molecule has 4 rings (SSSR count). The Bertz CT molecular complexity index is 801. The van der Waals surface area contributed by atoms with Crippen molar-refractivity contribution in [3.8, 4) is 5.75 Å². The number of nitrogens with zero attached hydrogens (tertiary/aromatic N) is 2. The molecule has 2 heterocycles. The van der Waals surface area contributed by atoms with Crippen LogP contribution in [0.5, 0.6) is 5.75 Å². The van der Waals surface area contributed by atoms with Gasteiger partial charge in [0.1, 0.15) is 5.75 Å². The first kappa shape index (κ1) is 19.0. The highest BCUT2D eigenvalue weighted by Crippen LogP contribution is 2.26. The maximum Gasteiger partial charge on any atom is 0.237 e. The van der Waals surface area contributed by atoms with Crippen LogP contribution in [0.2, 0.25) is 0 Å². The van der Waals surface area contributed by atoms with E-state index < -0.39 is 0 Å². The van der Waals surface area contributed by atoms with E-state index in [1.807, 2.05) is 37.3 Å². The van der Waals surface area contributed by atoms with Crippen LogP contribution in [0.25, 0.3) is 0 Å². The van der Waals surface area contributed by atoms with Crippen LogP contribution in [0.4, 0.5) is 0 Å². The molecule has 2 aromatic carbocycles. The van der Waals surface area contributed by atoms with Gasteiger partial charge in [-0.3, -0.25) is 14.6 Å². The molecule has 1 saturated heterocycles. The number of hydrogen-bond donors (Lipinski definition) is 1. The van der Waals surface area contributed by atoms with Crippen molar-refractivity contribution in [2.45, 2.75) is 32.5 Å². The summed E-state index contributed by atoms with van der Waals surface area (Å²) >= 11 is 0. The molecule has 1 fully saturated rings. The van der Waals surface area contributed by atoms with E-state index in [0.717, 1.165) is 57.1 Å². The minimum absolute atomic E-state index is 0.0944. The summed E-state index contributed by atoms with van der Waals surface area (Å²) in [6, 6.07) is 16.5. The molecular weight excluding hydrogens is 350 g/mol. The monoisotopic (exact) mass is 379 g/mol. The minimum Gasteiger partial charge on any atom is -0.493 e. The first-order valence-electron chi connectivity index (χ1n) is 10.2. The first-order chi connectivity index (χ1) is 13.7. The Morgan fingerprint density at radius 2 is 1.86 bits per heavy atom. The number of rotatable bonds is 6. The summed E-state index contributed by atoms with van der Waals surface area (Å²) in [4.78, 5) is 17.3. The SMILES string of the molecule is C[C@H](C(=O)NCc1ccccc1)N1CCN(Cc2ccc3c(c2)CCO3)CC1. The second kappa shape index (κ2) is 8.76. The van der Waals surface area contributed by atoms with E-state index in [4.69, 9.17) is 4.74 Å². The maximum atomic E-state index is 12.5. The molecule has 0 saturated carbocycles. The fraction of sp³-hybridized carbons (Fsp3) is 0.435. The molecular formula is C23H29N3O2. The molecule has 0 unspecified atom stereocenters. The van der Waals surface area contributed by atoms with Gasteiger partial charge in [-0.1, -0.05) is 42.5 Å². The summed E-state index contributed by atoms with van der Waals surface area (Å²) in [5.41, 5.74) is 3.82. The Hall–Kier alpha value is -2.37. The van der Waals surface area contributed by atoms with E-state index in [-0.39, 0.29) is 11.9 Å². The molecule has 2 aliphatic heterocycles. The summed E-state index contributed by atoms with van der Waals surface area (Å²) in [5.74, 6) is 1.15. The largest absolute Gasteiger partial charge is 0.493 e. The molecule has 148 valence electrons. The molecule has 1 atom stereocenters. The topological polar surface area (TPSA) is 44.8 Å². The molecule has 28 heavy (non-hydrogen) atoms. The average molecular weight is 380 g/mol. The highest BCUT2D eigenvalue weighted by Gasteiger charge is 2.25. The predicted molar refractivity (Wildman–Crippen MR) is 110 cm³/mol. The van der Waals surface area contributed by atoms with Crippen LogP contribution in [0.15, 0.2) is 48.5 Å². The van der Waals surface area contributed by atoms with Gasteiger partial charge >= 0.3 is 0 Å². The number of benzene rings is 2. The zero-order chi connectivity index (χ0) is 19.3. The van der Waals surface area contributed by atoms with Crippen LogP contribution in [0, 0.1) is 0 Å². The number of carbonyl (C=O) groups is 1. The predicted octanol–water partition coefficient (Wildman–Crippen LogP) is 2.44. The second-order valence-electron chi connectivity index (χ2n) is 7.73. The van der Waals surface area contributed by atoms with E-state index in [0.29, 0.717) is 6.54 Å². The van der Waals surface area contributed by atoms with Crippen molar-refractivity contribution in [2.75, 3.05) is 32.8 Å². The quantitative estimate of drug-likeness (QED) is 0.837. The highest BCUT2D eigenvalue weighted by atomic mass is 16.5. The number of amides is 1. The standard InChI is InChI=1S/C23H29N3O2/c1-18(23(27)24-16-19-5-3-2-4-6-19)26-12-10-25(11-13-26)17-20-7-8-22-21(15-20)9-14-28-22/h2-8,15,18H,9-14,16-17H2,1H3,(H,24,27)/t18-/m1/s1. The molecule has 0 aromatic heterocycles.